The second kappa shape index (κ2) is 6.74. The summed E-state index contributed by atoms with van der Waals surface area (Å²) in [5.41, 5.74) is 3.43. The van der Waals surface area contributed by atoms with Crippen molar-refractivity contribution in [1.29, 1.82) is 0 Å². The van der Waals surface area contributed by atoms with Crippen LogP contribution in [0, 0.1) is 0 Å². The van der Waals surface area contributed by atoms with Gasteiger partial charge in [-0.15, -0.1) is 11.3 Å². The minimum absolute atomic E-state index is 0.0132. The number of carbonyl (C=O) groups is 1. The average molecular weight is 412 g/mol. The molecule has 2 aliphatic rings. The number of thiophene rings is 1. The predicted octanol–water partition coefficient (Wildman–Crippen LogP) is 3.55. The highest BCUT2D eigenvalue weighted by Crippen LogP contribution is 2.36. The van der Waals surface area contributed by atoms with Crippen molar-refractivity contribution in [2.75, 3.05) is 10.7 Å². The molecule has 1 atom stereocenters. The number of amides is 1. The maximum atomic E-state index is 13.0. The van der Waals surface area contributed by atoms with E-state index in [0.717, 1.165) is 41.6 Å². The Hall–Kier alpha value is -2.12. The Bertz CT molecular complexity index is 1160. The molecule has 0 spiro atoms. The van der Waals surface area contributed by atoms with E-state index in [0.29, 0.717) is 5.16 Å². The van der Waals surface area contributed by atoms with Crippen LogP contribution in [0.4, 0.5) is 5.69 Å². The van der Waals surface area contributed by atoms with Gasteiger partial charge in [-0.25, -0.2) is 4.98 Å². The van der Waals surface area contributed by atoms with E-state index in [1.807, 2.05) is 23.1 Å². The number of aromatic nitrogens is 2. The number of para-hydroxylation sites is 1. The van der Waals surface area contributed by atoms with Gasteiger partial charge in [0.1, 0.15) is 4.83 Å². The quantitative estimate of drug-likeness (QED) is 0.489. The lowest BCUT2D eigenvalue weighted by Gasteiger charge is -2.22. The Morgan fingerprint density at radius 3 is 3.00 bits per heavy atom. The van der Waals surface area contributed by atoms with Crippen LogP contribution in [0.1, 0.15) is 29.3 Å². The Morgan fingerprint density at radius 1 is 1.32 bits per heavy atom. The third-order valence-electron chi connectivity index (χ3n) is 5.71. The van der Waals surface area contributed by atoms with E-state index in [2.05, 4.69) is 13.0 Å². The summed E-state index contributed by atoms with van der Waals surface area (Å²) in [5.74, 6) is 0.334. The zero-order chi connectivity index (χ0) is 19.4. The van der Waals surface area contributed by atoms with Crippen molar-refractivity contribution in [3.05, 3.63) is 50.6 Å². The van der Waals surface area contributed by atoms with Crippen LogP contribution in [0.3, 0.4) is 0 Å². The number of hydrogen-bond acceptors (Lipinski definition) is 5. The monoisotopic (exact) mass is 411 g/mol. The summed E-state index contributed by atoms with van der Waals surface area (Å²) in [7, 11) is 1.76. The second-order valence-corrected chi connectivity index (χ2v) is 9.56. The second-order valence-electron chi connectivity index (χ2n) is 7.53. The van der Waals surface area contributed by atoms with E-state index in [4.69, 9.17) is 4.98 Å². The summed E-state index contributed by atoms with van der Waals surface area (Å²) < 4.78 is 1.60. The van der Waals surface area contributed by atoms with Crippen molar-refractivity contribution < 1.29 is 4.79 Å². The van der Waals surface area contributed by atoms with Crippen molar-refractivity contribution in [3.63, 3.8) is 0 Å². The van der Waals surface area contributed by atoms with Crippen molar-refractivity contribution >= 4 is 44.9 Å². The van der Waals surface area contributed by atoms with Crippen LogP contribution in [0.2, 0.25) is 0 Å². The van der Waals surface area contributed by atoms with Gasteiger partial charge in [0, 0.05) is 23.7 Å². The van der Waals surface area contributed by atoms with Crippen LogP contribution in [0.15, 0.2) is 34.2 Å². The fourth-order valence-corrected chi connectivity index (χ4v) is 6.51. The molecule has 0 radical (unpaired) electrons. The van der Waals surface area contributed by atoms with E-state index in [-0.39, 0.29) is 23.3 Å². The number of hydrogen-bond donors (Lipinski definition) is 0. The van der Waals surface area contributed by atoms with Gasteiger partial charge in [-0.3, -0.25) is 14.2 Å². The zero-order valence-electron chi connectivity index (χ0n) is 15.9. The molecule has 3 heterocycles. The first-order chi connectivity index (χ1) is 13.5. The van der Waals surface area contributed by atoms with Crippen molar-refractivity contribution in [3.8, 4) is 0 Å². The lowest BCUT2D eigenvalue weighted by molar-refractivity contribution is -0.116. The summed E-state index contributed by atoms with van der Waals surface area (Å²) in [4.78, 5) is 34.6. The van der Waals surface area contributed by atoms with Gasteiger partial charge < -0.3 is 4.90 Å². The number of anilines is 1. The zero-order valence-corrected chi connectivity index (χ0v) is 17.5. The van der Waals surface area contributed by atoms with Crippen LogP contribution in [0.5, 0.6) is 0 Å². The van der Waals surface area contributed by atoms with E-state index in [1.165, 1.54) is 27.8 Å². The molecule has 0 fully saturated rings. The molecule has 5 nitrogen and oxygen atoms in total. The largest absolute Gasteiger partial charge is 0.308 e. The van der Waals surface area contributed by atoms with Crippen molar-refractivity contribution in [2.24, 2.45) is 7.05 Å². The predicted molar refractivity (Wildman–Crippen MR) is 115 cm³/mol. The van der Waals surface area contributed by atoms with Crippen molar-refractivity contribution in [2.45, 2.75) is 43.8 Å². The third kappa shape index (κ3) is 2.71. The molecule has 0 saturated carbocycles. The normalized spacial score (nSPS) is 17.9. The summed E-state index contributed by atoms with van der Waals surface area (Å²) in [5, 5.41) is 1.41. The van der Waals surface area contributed by atoms with E-state index in [1.54, 1.807) is 23.0 Å². The molecule has 7 heteroatoms. The summed E-state index contributed by atoms with van der Waals surface area (Å²) in [6.07, 6.45) is 4.03. The molecule has 1 aromatic carbocycles. The lowest BCUT2D eigenvalue weighted by Crippen LogP contribution is -2.37. The number of fused-ring (bicyclic) bond motifs is 4. The van der Waals surface area contributed by atoms with Gasteiger partial charge >= 0.3 is 0 Å². The Morgan fingerprint density at radius 2 is 2.14 bits per heavy atom. The molecule has 1 amide bonds. The average Bonchev–Trinajstić information content (AvgIpc) is 3.34. The maximum absolute atomic E-state index is 13.0. The summed E-state index contributed by atoms with van der Waals surface area (Å²) in [6.45, 7) is 2.08. The van der Waals surface area contributed by atoms with Crippen LogP contribution >= 0.6 is 23.1 Å². The summed E-state index contributed by atoms with van der Waals surface area (Å²) in [6, 6.07) is 8.24. The van der Waals surface area contributed by atoms with Crippen molar-refractivity contribution in [1.82, 2.24) is 9.55 Å². The smallest absolute Gasteiger partial charge is 0.262 e. The molecule has 5 rings (SSSR count). The minimum atomic E-state index is 0.0132. The first-order valence-corrected chi connectivity index (χ1v) is 11.4. The van der Waals surface area contributed by atoms with E-state index < -0.39 is 0 Å². The standard InChI is InChI=1S/C21H21N3O2S2/c1-12-10-13-6-3-4-8-15(13)24(12)17(25)11-27-21-22-19-18(20(26)23(21)2)14-7-5-9-16(14)28-19/h3-4,6,8,12H,5,7,9-11H2,1-2H3/t12-/m1/s1. The van der Waals surface area contributed by atoms with Crippen LogP contribution in [0.25, 0.3) is 10.2 Å². The van der Waals surface area contributed by atoms with Gasteiger partial charge in [0.25, 0.3) is 5.56 Å². The lowest BCUT2D eigenvalue weighted by atomic mass is 10.1. The maximum Gasteiger partial charge on any atom is 0.262 e. The fraction of sp³-hybridized carbons (Fsp3) is 0.381. The number of thioether (sulfide) groups is 1. The molecular formula is C21H21N3O2S2. The molecule has 2 aromatic heterocycles. The third-order valence-corrected chi connectivity index (χ3v) is 7.91. The molecule has 1 aliphatic carbocycles. The fourth-order valence-electron chi connectivity index (χ4n) is 4.38. The molecule has 1 aliphatic heterocycles. The first kappa shape index (κ1) is 17.9. The van der Waals surface area contributed by atoms with E-state index >= 15 is 0 Å². The molecule has 0 saturated heterocycles. The molecule has 3 aromatic rings. The van der Waals surface area contributed by atoms with Gasteiger partial charge in [0.05, 0.1) is 11.1 Å². The Balaban J connectivity index is 1.41. The number of rotatable bonds is 3. The van der Waals surface area contributed by atoms with Gasteiger partial charge in [-0.1, -0.05) is 30.0 Å². The number of benzene rings is 1. The number of nitrogens with zero attached hydrogens (tertiary/aromatic N) is 3. The molecular weight excluding hydrogens is 390 g/mol. The summed E-state index contributed by atoms with van der Waals surface area (Å²) >= 11 is 3.00. The van der Waals surface area contributed by atoms with Gasteiger partial charge in [0.2, 0.25) is 5.91 Å². The SMILES string of the molecule is C[C@@H]1Cc2ccccc2N1C(=O)CSc1nc2sc3c(c2c(=O)n1C)CCC3. The Labute approximate surface area is 171 Å². The van der Waals surface area contributed by atoms with Crippen LogP contribution in [-0.2, 0) is 31.1 Å². The van der Waals surface area contributed by atoms with Crippen LogP contribution in [-0.4, -0.2) is 27.3 Å². The number of aryl methyl sites for hydroxylation is 2. The molecule has 0 bridgehead atoms. The highest BCUT2D eigenvalue weighted by molar-refractivity contribution is 7.99. The van der Waals surface area contributed by atoms with E-state index in [9.17, 15) is 9.59 Å². The molecule has 0 N–H and O–H groups in total. The Kier molecular flexibility index (Phi) is 4.32. The van der Waals surface area contributed by atoms with Crippen LogP contribution < -0.4 is 10.5 Å². The minimum Gasteiger partial charge on any atom is -0.308 e. The van der Waals surface area contributed by atoms with Gasteiger partial charge in [-0.05, 0) is 49.8 Å². The highest BCUT2D eigenvalue weighted by atomic mass is 32.2. The molecule has 144 valence electrons. The van der Waals surface area contributed by atoms with Gasteiger partial charge in [-0.2, -0.15) is 0 Å². The molecule has 0 unspecified atom stereocenters. The first-order valence-electron chi connectivity index (χ1n) is 9.58. The number of carbonyl (C=O) groups excluding carboxylic acids is 1. The molecule has 28 heavy (non-hydrogen) atoms. The topological polar surface area (TPSA) is 55.2 Å². The highest BCUT2D eigenvalue weighted by Gasteiger charge is 2.30. The van der Waals surface area contributed by atoms with Gasteiger partial charge in [0.15, 0.2) is 5.16 Å².